The van der Waals surface area contributed by atoms with E-state index in [0.717, 1.165) is 38.5 Å². The van der Waals surface area contributed by atoms with Crippen molar-refractivity contribution in [1.29, 1.82) is 0 Å². The summed E-state index contributed by atoms with van der Waals surface area (Å²) >= 11 is 0. The van der Waals surface area contributed by atoms with Crippen molar-refractivity contribution in [3.63, 3.8) is 0 Å². The summed E-state index contributed by atoms with van der Waals surface area (Å²) in [6.45, 7) is 6.96. The number of hydrogen-bond donors (Lipinski definition) is 0. The van der Waals surface area contributed by atoms with Crippen LogP contribution >= 0.6 is 0 Å². The Hall–Kier alpha value is -1.06. The van der Waals surface area contributed by atoms with E-state index in [4.69, 9.17) is 9.47 Å². The van der Waals surface area contributed by atoms with Gasteiger partial charge in [0.15, 0.2) is 0 Å². The van der Waals surface area contributed by atoms with Gasteiger partial charge in [0.05, 0.1) is 6.61 Å². The predicted octanol–water partition coefficient (Wildman–Crippen LogP) is 7.52. The summed E-state index contributed by atoms with van der Waals surface area (Å²) in [7, 11) is 0. The number of carbonyl (C=O) groups excluding carboxylic acids is 2. The molecule has 0 fully saturated rings. The molecule has 0 aliphatic rings. The average molecular weight is 413 g/mol. The molecule has 0 rings (SSSR count). The van der Waals surface area contributed by atoms with Gasteiger partial charge in [-0.05, 0) is 25.7 Å². The van der Waals surface area contributed by atoms with Crippen LogP contribution in [0.15, 0.2) is 0 Å². The van der Waals surface area contributed by atoms with Crippen LogP contribution in [-0.4, -0.2) is 24.6 Å². The van der Waals surface area contributed by atoms with Crippen molar-refractivity contribution in [2.75, 3.05) is 6.61 Å². The first-order chi connectivity index (χ1) is 14.1. The maximum Gasteiger partial charge on any atom is 0.306 e. The minimum absolute atomic E-state index is 0.0329. The maximum atomic E-state index is 11.9. The Labute approximate surface area is 180 Å². The Morgan fingerprint density at radius 3 is 1.59 bits per heavy atom. The molecule has 0 aromatic heterocycles. The highest BCUT2D eigenvalue weighted by Crippen LogP contribution is 2.13. The van der Waals surface area contributed by atoms with Gasteiger partial charge in [-0.2, -0.15) is 0 Å². The molecule has 172 valence electrons. The number of hydrogen-bond acceptors (Lipinski definition) is 4. The number of rotatable bonds is 21. The van der Waals surface area contributed by atoms with Crippen molar-refractivity contribution in [3.8, 4) is 0 Å². The lowest BCUT2D eigenvalue weighted by atomic mass is 10.1. The molecule has 4 heteroatoms. The summed E-state index contributed by atoms with van der Waals surface area (Å²) in [6.07, 6.45) is 19.2. The molecule has 29 heavy (non-hydrogen) atoms. The zero-order chi connectivity index (χ0) is 21.6. The van der Waals surface area contributed by atoms with Crippen LogP contribution in [0.25, 0.3) is 0 Å². The smallest absolute Gasteiger partial charge is 0.306 e. The summed E-state index contributed by atoms with van der Waals surface area (Å²) < 4.78 is 10.8. The third-order valence-corrected chi connectivity index (χ3v) is 5.29. The molecule has 0 atom stereocenters. The van der Waals surface area contributed by atoms with E-state index >= 15 is 0 Å². The summed E-state index contributed by atoms with van der Waals surface area (Å²) in [5.74, 6) is -0.376. The molecule has 0 aliphatic heterocycles. The van der Waals surface area contributed by atoms with E-state index in [1.54, 1.807) is 0 Å². The Kier molecular flexibility index (Phi) is 20.9. The molecule has 0 radical (unpaired) electrons. The number of esters is 2. The average Bonchev–Trinajstić information content (AvgIpc) is 2.69. The molecule has 0 bridgehead atoms. The standard InChI is InChI=1S/C25H48O4/c1-4-7-8-9-10-11-12-13-14-15-16-22-28-24(26)20-17-21-25(27)29-23(18-5-2)19-6-3/h23H,4-22H2,1-3H3. The molecule has 0 aromatic carbocycles. The quantitative estimate of drug-likeness (QED) is 0.144. The monoisotopic (exact) mass is 412 g/mol. The van der Waals surface area contributed by atoms with Crippen LogP contribution in [0.1, 0.15) is 136 Å². The van der Waals surface area contributed by atoms with Crippen molar-refractivity contribution in [2.24, 2.45) is 0 Å². The fourth-order valence-corrected chi connectivity index (χ4v) is 3.55. The largest absolute Gasteiger partial charge is 0.466 e. The molecule has 0 aromatic rings. The lowest BCUT2D eigenvalue weighted by Gasteiger charge is -2.16. The summed E-state index contributed by atoms with van der Waals surface area (Å²) in [4.78, 5) is 23.6. The SMILES string of the molecule is CCCCCCCCCCCCCOC(=O)CCCC(=O)OC(CCC)CCC. The lowest BCUT2D eigenvalue weighted by Crippen LogP contribution is -2.18. The van der Waals surface area contributed by atoms with E-state index in [1.807, 2.05) is 0 Å². The minimum Gasteiger partial charge on any atom is -0.466 e. The van der Waals surface area contributed by atoms with Crippen molar-refractivity contribution in [1.82, 2.24) is 0 Å². The zero-order valence-corrected chi connectivity index (χ0v) is 19.6. The van der Waals surface area contributed by atoms with Crippen LogP contribution in [0.2, 0.25) is 0 Å². The second-order valence-corrected chi connectivity index (χ2v) is 8.30. The van der Waals surface area contributed by atoms with Gasteiger partial charge in [0.25, 0.3) is 0 Å². The summed E-state index contributed by atoms with van der Waals surface area (Å²) in [5.41, 5.74) is 0. The molecule has 0 saturated carbocycles. The second-order valence-electron chi connectivity index (χ2n) is 8.30. The normalized spacial score (nSPS) is 11.0. The highest BCUT2D eigenvalue weighted by Gasteiger charge is 2.13. The van der Waals surface area contributed by atoms with Crippen molar-refractivity contribution < 1.29 is 19.1 Å². The van der Waals surface area contributed by atoms with E-state index in [0.29, 0.717) is 25.9 Å². The molecule has 0 amide bonds. The van der Waals surface area contributed by atoms with Gasteiger partial charge < -0.3 is 9.47 Å². The van der Waals surface area contributed by atoms with Gasteiger partial charge in [-0.3, -0.25) is 9.59 Å². The summed E-state index contributed by atoms with van der Waals surface area (Å²) in [5, 5.41) is 0. The Morgan fingerprint density at radius 1 is 0.586 bits per heavy atom. The van der Waals surface area contributed by atoms with E-state index < -0.39 is 0 Å². The highest BCUT2D eigenvalue weighted by atomic mass is 16.5. The van der Waals surface area contributed by atoms with Crippen molar-refractivity contribution in [2.45, 2.75) is 142 Å². The third-order valence-electron chi connectivity index (χ3n) is 5.29. The van der Waals surface area contributed by atoms with Crippen LogP contribution in [0, 0.1) is 0 Å². The maximum absolute atomic E-state index is 11.9. The van der Waals surface area contributed by atoms with E-state index in [1.165, 1.54) is 57.8 Å². The van der Waals surface area contributed by atoms with Gasteiger partial charge in [0.2, 0.25) is 0 Å². The Morgan fingerprint density at radius 2 is 1.07 bits per heavy atom. The van der Waals surface area contributed by atoms with Crippen LogP contribution in [-0.2, 0) is 19.1 Å². The first-order valence-corrected chi connectivity index (χ1v) is 12.5. The molecule has 0 aliphatic carbocycles. The van der Waals surface area contributed by atoms with Gasteiger partial charge in [0, 0.05) is 12.8 Å². The second kappa shape index (κ2) is 21.6. The summed E-state index contributed by atoms with van der Waals surface area (Å²) in [6, 6.07) is 0. The fourth-order valence-electron chi connectivity index (χ4n) is 3.55. The predicted molar refractivity (Wildman–Crippen MR) is 121 cm³/mol. The third kappa shape index (κ3) is 20.0. The van der Waals surface area contributed by atoms with Gasteiger partial charge in [-0.25, -0.2) is 0 Å². The van der Waals surface area contributed by atoms with Gasteiger partial charge >= 0.3 is 11.9 Å². The van der Waals surface area contributed by atoms with E-state index in [9.17, 15) is 9.59 Å². The molecule has 0 saturated heterocycles. The van der Waals surface area contributed by atoms with Gasteiger partial charge in [-0.15, -0.1) is 0 Å². The van der Waals surface area contributed by atoms with Gasteiger partial charge in [-0.1, -0.05) is 97.8 Å². The van der Waals surface area contributed by atoms with E-state index in [2.05, 4.69) is 20.8 Å². The van der Waals surface area contributed by atoms with Crippen LogP contribution in [0.5, 0.6) is 0 Å². The molecule has 0 N–H and O–H groups in total. The Bertz CT molecular complexity index is 375. The van der Waals surface area contributed by atoms with Gasteiger partial charge in [0.1, 0.15) is 6.10 Å². The van der Waals surface area contributed by atoms with Crippen molar-refractivity contribution >= 4 is 11.9 Å². The number of ether oxygens (including phenoxy) is 2. The molecule has 0 spiro atoms. The Balaban J connectivity index is 3.46. The lowest BCUT2D eigenvalue weighted by molar-refractivity contribution is -0.150. The number of carbonyl (C=O) groups is 2. The molecule has 0 unspecified atom stereocenters. The number of unbranched alkanes of at least 4 members (excludes halogenated alkanes) is 10. The van der Waals surface area contributed by atoms with Crippen molar-refractivity contribution in [3.05, 3.63) is 0 Å². The molecular weight excluding hydrogens is 364 g/mol. The zero-order valence-electron chi connectivity index (χ0n) is 19.6. The van der Waals surface area contributed by atoms with Crippen LogP contribution in [0.4, 0.5) is 0 Å². The minimum atomic E-state index is -0.191. The van der Waals surface area contributed by atoms with Crippen LogP contribution < -0.4 is 0 Å². The first-order valence-electron chi connectivity index (χ1n) is 12.5. The topological polar surface area (TPSA) is 52.6 Å². The molecule has 0 heterocycles. The molecule has 4 nitrogen and oxygen atoms in total. The fraction of sp³-hybridized carbons (Fsp3) is 0.920. The molecular formula is C25H48O4. The first kappa shape index (κ1) is 27.9. The van der Waals surface area contributed by atoms with Crippen LogP contribution in [0.3, 0.4) is 0 Å². The van der Waals surface area contributed by atoms with E-state index in [-0.39, 0.29) is 18.0 Å². The highest BCUT2D eigenvalue weighted by molar-refractivity contribution is 5.72.